The average Bonchev–Trinajstić information content (AvgIpc) is 1.93. The fourth-order valence-corrected chi connectivity index (χ4v) is 1.49. The molecule has 1 saturated heterocycles. The molecule has 1 rings (SSSR count). The van der Waals surface area contributed by atoms with Crippen molar-refractivity contribution in [2.45, 2.75) is 26.0 Å². The predicted octanol–water partition coefficient (Wildman–Crippen LogP) is -0.339. The Balaban J connectivity index is 2.29. The zero-order valence-electron chi connectivity index (χ0n) is 7.38. The van der Waals surface area contributed by atoms with Gasteiger partial charge in [0, 0.05) is 32.2 Å². The zero-order valence-corrected chi connectivity index (χ0v) is 7.38. The molecule has 66 valence electrons. The highest BCUT2D eigenvalue weighted by Crippen LogP contribution is 2.02. The van der Waals surface area contributed by atoms with Gasteiger partial charge in [-0.15, -0.1) is 0 Å². The van der Waals surface area contributed by atoms with Gasteiger partial charge in [0.05, 0.1) is 6.10 Å². The van der Waals surface area contributed by atoms with Gasteiger partial charge < -0.3 is 10.4 Å². The van der Waals surface area contributed by atoms with Gasteiger partial charge >= 0.3 is 0 Å². The molecule has 0 bridgehead atoms. The molecule has 0 aromatic heterocycles. The minimum atomic E-state index is -0.199. The van der Waals surface area contributed by atoms with Crippen LogP contribution in [0.1, 0.15) is 13.8 Å². The summed E-state index contributed by atoms with van der Waals surface area (Å²) in [4.78, 5) is 2.32. The summed E-state index contributed by atoms with van der Waals surface area (Å²) in [5, 5.41) is 12.5. The summed E-state index contributed by atoms with van der Waals surface area (Å²) in [5.74, 6) is 0. The molecule has 3 heteroatoms. The molecule has 0 aromatic rings. The van der Waals surface area contributed by atoms with Gasteiger partial charge in [-0.3, -0.25) is 4.90 Å². The molecular weight excluding hydrogens is 140 g/mol. The number of rotatable bonds is 2. The van der Waals surface area contributed by atoms with E-state index in [1.165, 1.54) is 0 Å². The van der Waals surface area contributed by atoms with E-state index in [4.69, 9.17) is 5.11 Å². The lowest BCUT2D eigenvalue weighted by atomic mass is 10.2. The van der Waals surface area contributed by atoms with E-state index in [0.29, 0.717) is 6.04 Å². The lowest BCUT2D eigenvalue weighted by Gasteiger charge is -2.34. The van der Waals surface area contributed by atoms with Crippen molar-refractivity contribution in [3.8, 4) is 0 Å². The second kappa shape index (κ2) is 4.04. The van der Waals surface area contributed by atoms with Crippen molar-refractivity contribution in [2.24, 2.45) is 0 Å². The summed E-state index contributed by atoms with van der Waals surface area (Å²) < 4.78 is 0. The Labute approximate surface area is 68.4 Å². The van der Waals surface area contributed by atoms with Crippen molar-refractivity contribution in [1.82, 2.24) is 10.2 Å². The summed E-state index contributed by atoms with van der Waals surface area (Å²) in [6.45, 7) is 8.00. The van der Waals surface area contributed by atoms with E-state index in [1.807, 2.05) is 6.92 Å². The van der Waals surface area contributed by atoms with Crippen LogP contribution in [-0.2, 0) is 0 Å². The summed E-state index contributed by atoms with van der Waals surface area (Å²) in [7, 11) is 0. The molecule has 0 radical (unpaired) electrons. The Bertz CT molecular complexity index is 117. The first kappa shape index (κ1) is 8.97. The number of β-amino-alcohol motifs (C(OH)–C–C–N with tert-alkyl or cyclic N) is 1. The Hall–Kier alpha value is -0.120. The molecule has 2 atom stereocenters. The Kier molecular flexibility index (Phi) is 3.30. The van der Waals surface area contributed by atoms with Crippen LogP contribution >= 0.6 is 0 Å². The summed E-state index contributed by atoms with van der Waals surface area (Å²) >= 11 is 0. The second-order valence-electron chi connectivity index (χ2n) is 3.40. The third kappa shape index (κ3) is 2.77. The van der Waals surface area contributed by atoms with E-state index in [2.05, 4.69) is 17.1 Å². The van der Waals surface area contributed by atoms with Crippen molar-refractivity contribution >= 4 is 0 Å². The minimum Gasteiger partial charge on any atom is -0.392 e. The third-order valence-corrected chi connectivity index (χ3v) is 2.14. The lowest BCUT2D eigenvalue weighted by molar-refractivity contribution is 0.0897. The van der Waals surface area contributed by atoms with Gasteiger partial charge in [-0.05, 0) is 13.8 Å². The van der Waals surface area contributed by atoms with Gasteiger partial charge in [0.25, 0.3) is 0 Å². The maximum Gasteiger partial charge on any atom is 0.0639 e. The fourth-order valence-electron chi connectivity index (χ4n) is 1.49. The standard InChI is InChI=1S/C8H18N2O/c1-7-5-9-3-4-10(7)6-8(2)11/h7-9,11H,3-6H2,1-2H3/t7-,8+/m0/s1. The molecule has 1 aliphatic heterocycles. The van der Waals surface area contributed by atoms with Gasteiger partial charge in [0.1, 0.15) is 0 Å². The normalized spacial score (nSPS) is 30.3. The first-order valence-corrected chi connectivity index (χ1v) is 4.33. The van der Waals surface area contributed by atoms with Crippen LogP contribution in [0.3, 0.4) is 0 Å². The van der Waals surface area contributed by atoms with Crippen LogP contribution in [0.2, 0.25) is 0 Å². The smallest absolute Gasteiger partial charge is 0.0639 e. The molecule has 1 heterocycles. The fraction of sp³-hybridized carbons (Fsp3) is 1.00. The van der Waals surface area contributed by atoms with Crippen molar-refractivity contribution in [3.63, 3.8) is 0 Å². The molecule has 0 aromatic carbocycles. The van der Waals surface area contributed by atoms with Crippen LogP contribution in [0.15, 0.2) is 0 Å². The molecule has 0 aliphatic carbocycles. The number of aliphatic hydroxyl groups excluding tert-OH is 1. The van der Waals surface area contributed by atoms with Crippen molar-refractivity contribution in [1.29, 1.82) is 0 Å². The highest BCUT2D eigenvalue weighted by atomic mass is 16.3. The number of hydrogen-bond donors (Lipinski definition) is 2. The van der Waals surface area contributed by atoms with Crippen LogP contribution in [0.5, 0.6) is 0 Å². The molecule has 2 N–H and O–H groups in total. The van der Waals surface area contributed by atoms with Gasteiger partial charge in [-0.1, -0.05) is 0 Å². The first-order chi connectivity index (χ1) is 5.20. The Morgan fingerprint density at radius 3 is 3.00 bits per heavy atom. The third-order valence-electron chi connectivity index (χ3n) is 2.14. The predicted molar refractivity (Wildman–Crippen MR) is 45.6 cm³/mol. The topological polar surface area (TPSA) is 35.5 Å². The van der Waals surface area contributed by atoms with Crippen LogP contribution in [0.25, 0.3) is 0 Å². The second-order valence-corrected chi connectivity index (χ2v) is 3.40. The monoisotopic (exact) mass is 158 g/mol. The molecule has 0 unspecified atom stereocenters. The molecule has 0 saturated carbocycles. The number of aliphatic hydroxyl groups is 1. The van der Waals surface area contributed by atoms with Crippen molar-refractivity contribution in [2.75, 3.05) is 26.2 Å². The zero-order chi connectivity index (χ0) is 8.27. The number of nitrogens with one attached hydrogen (secondary N) is 1. The van der Waals surface area contributed by atoms with Crippen molar-refractivity contribution < 1.29 is 5.11 Å². The lowest BCUT2D eigenvalue weighted by Crippen LogP contribution is -2.51. The summed E-state index contributed by atoms with van der Waals surface area (Å²) in [6, 6.07) is 0.568. The van der Waals surface area contributed by atoms with E-state index in [-0.39, 0.29) is 6.10 Å². The number of hydrogen-bond acceptors (Lipinski definition) is 3. The average molecular weight is 158 g/mol. The quantitative estimate of drug-likeness (QED) is 0.577. The molecule has 0 spiro atoms. The van der Waals surface area contributed by atoms with Gasteiger partial charge in [0.15, 0.2) is 0 Å². The van der Waals surface area contributed by atoms with Crippen LogP contribution in [0.4, 0.5) is 0 Å². The first-order valence-electron chi connectivity index (χ1n) is 4.33. The van der Waals surface area contributed by atoms with Crippen LogP contribution in [0, 0.1) is 0 Å². The Morgan fingerprint density at radius 1 is 1.73 bits per heavy atom. The number of nitrogens with zero attached hydrogens (tertiary/aromatic N) is 1. The largest absolute Gasteiger partial charge is 0.392 e. The van der Waals surface area contributed by atoms with E-state index in [9.17, 15) is 0 Å². The number of piperazine rings is 1. The van der Waals surface area contributed by atoms with E-state index >= 15 is 0 Å². The van der Waals surface area contributed by atoms with Crippen LogP contribution in [-0.4, -0.2) is 48.3 Å². The molecule has 1 fully saturated rings. The van der Waals surface area contributed by atoms with E-state index in [0.717, 1.165) is 26.2 Å². The molecule has 1 aliphatic rings. The highest BCUT2D eigenvalue weighted by Gasteiger charge is 2.18. The highest BCUT2D eigenvalue weighted by molar-refractivity contribution is 4.76. The SMILES string of the molecule is C[C@@H](O)CN1CCNC[C@@H]1C. The Morgan fingerprint density at radius 2 is 2.45 bits per heavy atom. The van der Waals surface area contributed by atoms with E-state index < -0.39 is 0 Å². The van der Waals surface area contributed by atoms with Gasteiger partial charge in [-0.25, -0.2) is 0 Å². The van der Waals surface area contributed by atoms with Crippen molar-refractivity contribution in [3.05, 3.63) is 0 Å². The van der Waals surface area contributed by atoms with Gasteiger partial charge in [0.2, 0.25) is 0 Å². The molecule has 0 amide bonds. The van der Waals surface area contributed by atoms with E-state index in [1.54, 1.807) is 0 Å². The van der Waals surface area contributed by atoms with Gasteiger partial charge in [-0.2, -0.15) is 0 Å². The molecular formula is C8H18N2O. The minimum absolute atomic E-state index is 0.199. The van der Waals surface area contributed by atoms with Crippen LogP contribution < -0.4 is 5.32 Å². The molecule has 3 nitrogen and oxygen atoms in total. The maximum atomic E-state index is 9.16. The summed E-state index contributed by atoms with van der Waals surface area (Å²) in [6.07, 6.45) is -0.199. The molecule has 11 heavy (non-hydrogen) atoms. The summed E-state index contributed by atoms with van der Waals surface area (Å²) in [5.41, 5.74) is 0. The maximum absolute atomic E-state index is 9.16.